The van der Waals surface area contributed by atoms with Crippen molar-refractivity contribution in [2.45, 2.75) is 25.4 Å². The van der Waals surface area contributed by atoms with Gasteiger partial charge in [-0.2, -0.15) is 0 Å². The Balaban J connectivity index is 1.70. The van der Waals surface area contributed by atoms with Crippen molar-refractivity contribution in [2.24, 2.45) is 0 Å². The van der Waals surface area contributed by atoms with Crippen LogP contribution in [0.2, 0.25) is 5.02 Å². The second-order valence-electron chi connectivity index (χ2n) is 5.64. The lowest BCUT2D eigenvalue weighted by Gasteiger charge is -2.37. The number of rotatable bonds is 3. The van der Waals surface area contributed by atoms with Crippen molar-refractivity contribution in [3.63, 3.8) is 0 Å². The maximum Gasteiger partial charge on any atom is 0.222 e. The average Bonchev–Trinajstić information content (AvgIpc) is 2.83. The number of carbonyl (C=O) groups excluding carboxylic acids is 1. The molecule has 0 radical (unpaired) electrons. The standard InChI is InChI=1S/C15H19ClN2O3/c1-21-13-7-10(6-12(16)15(13)20)8-17-4-5-18-11(9-17)2-3-14(18)19/h6-7,11,20H,2-5,8-9H2,1H3. The topological polar surface area (TPSA) is 53.0 Å². The molecule has 114 valence electrons. The minimum Gasteiger partial charge on any atom is -0.503 e. The molecule has 21 heavy (non-hydrogen) atoms. The van der Waals surface area contributed by atoms with Crippen molar-refractivity contribution in [2.75, 3.05) is 26.7 Å². The van der Waals surface area contributed by atoms with Gasteiger partial charge in [0.1, 0.15) is 0 Å². The van der Waals surface area contributed by atoms with Crippen LogP contribution in [0.15, 0.2) is 12.1 Å². The molecule has 0 aliphatic carbocycles. The first-order valence-electron chi connectivity index (χ1n) is 7.15. The number of phenols is 1. The smallest absolute Gasteiger partial charge is 0.222 e. The summed E-state index contributed by atoms with van der Waals surface area (Å²) in [6.45, 7) is 3.30. The molecule has 1 atom stereocenters. The highest BCUT2D eigenvalue weighted by molar-refractivity contribution is 6.32. The van der Waals surface area contributed by atoms with E-state index in [9.17, 15) is 9.90 Å². The Morgan fingerprint density at radius 2 is 2.24 bits per heavy atom. The first kappa shape index (κ1) is 14.5. The van der Waals surface area contributed by atoms with Gasteiger partial charge >= 0.3 is 0 Å². The zero-order valence-corrected chi connectivity index (χ0v) is 12.8. The molecule has 0 spiro atoms. The Labute approximate surface area is 129 Å². The number of nitrogens with zero attached hydrogens (tertiary/aromatic N) is 2. The minimum atomic E-state index is -0.0193. The predicted octanol–water partition coefficient (Wildman–Crippen LogP) is 1.86. The summed E-state index contributed by atoms with van der Waals surface area (Å²) < 4.78 is 5.13. The molecular weight excluding hydrogens is 292 g/mol. The third-order valence-corrected chi connectivity index (χ3v) is 4.58. The Bertz CT molecular complexity index is 564. The highest BCUT2D eigenvalue weighted by Gasteiger charge is 2.35. The molecule has 2 aliphatic heterocycles. The first-order valence-corrected chi connectivity index (χ1v) is 7.53. The maximum absolute atomic E-state index is 11.7. The van der Waals surface area contributed by atoms with Gasteiger partial charge in [0.2, 0.25) is 5.91 Å². The molecule has 0 saturated carbocycles. The van der Waals surface area contributed by atoms with E-state index in [1.807, 2.05) is 11.0 Å². The molecule has 6 heteroatoms. The number of aromatic hydroxyl groups is 1. The van der Waals surface area contributed by atoms with Crippen LogP contribution in [0.4, 0.5) is 0 Å². The first-order chi connectivity index (χ1) is 10.1. The van der Waals surface area contributed by atoms with Crippen LogP contribution in [-0.4, -0.2) is 53.6 Å². The van der Waals surface area contributed by atoms with E-state index in [0.717, 1.165) is 38.2 Å². The van der Waals surface area contributed by atoms with Crippen LogP contribution in [-0.2, 0) is 11.3 Å². The lowest BCUT2D eigenvalue weighted by Crippen LogP contribution is -2.50. The summed E-state index contributed by atoms with van der Waals surface area (Å²) in [6, 6.07) is 3.93. The highest BCUT2D eigenvalue weighted by Crippen LogP contribution is 2.35. The van der Waals surface area contributed by atoms with Crippen LogP contribution in [0.5, 0.6) is 11.5 Å². The number of methoxy groups -OCH3 is 1. The summed E-state index contributed by atoms with van der Waals surface area (Å²) in [4.78, 5) is 16.0. The number of fused-ring (bicyclic) bond motifs is 1. The van der Waals surface area contributed by atoms with Crippen LogP contribution in [0, 0.1) is 0 Å². The Morgan fingerprint density at radius 3 is 3.00 bits per heavy atom. The lowest BCUT2D eigenvalue weighted by atomic mass is 10.1. The summed E-state index contributed by atoms with van der Waals surface area (Å²) in [6.07, 6.45) is 1.63. The SMILES string of the molecule is COc1cc(CN2CCN3C(=O)CCC3C2)cc(Cl)c1O. The van der Waals surface area contributed by atoms with Crippen molar-refractivity contribution in [1.82, 2.24) is 9.80 Å². The largest absolute Gasteiger partial charge is 0.503 e. The van der Waals surface area contributed by atoms with Crippen LogP contribution in [0.3, 0.4) is 0 Å². The molecule has 2 saturated heterocycles. The van der Waals surface area contributed by atoms with Crippen LogP contribution < -0.4 is 4.74 Å². The maximum atomic E-state index is 11.7. The summed E-state index contributed by atoms with van der Waals surface area (Å²) in [7, 11) is 1.51. The Kier molecular flexibility index (Phi) is 3.95. The lowest BCUT2D eigenvalue weighted by molar-refractivity contribution is -0.130. The number of phenolic OH excluding ortho intramolecular Hbond substituents is 1. The summed E-state index contributed by atoms with van der Waals surface area (Å²) in [5, 5.41) is 10.1. The van der Waals surface area contributed by atoms with E-state index in [0.29, 0.717) is 23.2 Å². The second-order valence-corrected chi connectivity index (χ2v) is 6.05. The highest BCUT2D eigenvalue weighted by atomic mass is 35.5. The van der Waals surface area contributed by atoms with Crippen LogP contribution in [0.25, 0.3) is 0 Å². The molecule has 1 amide bonds. The molecule has 1 aromatic carbocycles. The molecular formula is C15H19ClN2O3. The fraction of sp³-hybridized carbons (Fsp3) is 0.533. The summed E-state index contributed by atoms with van der Waals surface area (Å²) >= 11 is 6.02. The number of piperazine rings is 1. The van der Waals surface area contributed by atoms with Gasteiger partial charge in [0.15, 0.2) is 11.5 Å². The van der Waals surface area contributed by atoms with Crippen LogP contribution in [0.1, 0.15) is 18.4 Å². The Hall–Kier alpha value is -1.46. The van der Waals surface area contributed by atoms with Gasteiger partial charge in [-0.05, 0) is 24.1 Å². The van der Waals surface area contributed by atoms with E-state index < -0.39 is 0 Å². The number of amides is 1. The quantitative estimate of drug-likeness (QED) is 0.926. The fourth-order valence-corrected chi connectivity index (χ4v) is 3.44. The molecule has 2 heterocycles. The molecule has 1 N–H and O–H groups in total. The third kappa shape index (κ3) is 2.80. The molecule has 3 rings (SSSR count). The van der Waals surface area contributed by atoms with Crippen molar-refractivity contribution < 1.29 is 14.6 Å². The molecule has 1 unspecified atom stereocenters. The third-order valence-electron chi connectivity index (χ3n) is 4.29. The normalized spacial score (nSPS) is 22.5. The van der Waals surface area contributed by atoms with E-state index in [1.54, 1.807) is 6.07 Å². The van der Waals surface area contributed by atoms with E-state index in [1.165, 1.54) is 7.11 Å². The van der Waals surface area contributed by atoms with Gasteiger partial charge < -0.3 is 14.7 Å². The van der Waals surface area contributed by atoms with Crippen molar-refractivity contribution in [3.05, 3.63) is 22.7 Å². The van der Waals surface area contributed by atoms with Gasteiger partial charge in [-0.15, -0.1) is 0 Å². The number of carbonyl (C=O) groups is 1. The molecule has 2 fully saturated rings. The minimum absolute atomic E-state index is 0.0193. The van der Waals surface area contributed by atoms with Gasteiger partial charge in [-0.25, -0.2) is 0 Å². The van der Waals surface area contributed by atoms with E-state index in [-0.39, 0.29) is 11.7 Å². The summed E-state index contributed by atoms with van der Waals surface area (Å²) in [5.74, 6) is 0.662. The van der Waals surface area contributed by atoms with E-state index in [4.69, 9.17) is 16.3 Å². The molecule has 2 aliphatic rings. The summed E-state index contributed by atoms with van der Waals surface area (Å²) in [5.41, 5.74) is 1.01. The number of ether oxygens (including phenoxy) is 1. The fourth-order valence-electron chi connectivity index (χ4n) is 3.20. The van der Waals surface area contributed by atoms with Crippen molar-refractivity contribution in [1.29, 1.82) is 0 Å². The zero-order chi connectivity index (χ0) is 15.0. The monoisotopic (exact) mass is 310 g/mol. The molecule has 5 nitrogen and oxygen atoms in total. The van der Waals surface area contributed by atoms with Gasteiger partial charge in [-0.3, -0.25) is 9.69 Å². The van der Waals surface area contributed by atoms with Crippen LogP contribution >= 0.6 is 11.6 Å². The van der Waals surface area contributed by atoms with E-state index >= 15 is 0 Å². The number of hydrogen-bond donors (Lipinski definition) is 1. The molecule has 1 aromatic rings. The van der Waals surface area contributed by atoms with Gasteiger partial charge in [0.25, 0.3) is 0 Å². The van der Waals surface area contributed by atoms with Gasteiger partial charge in [-0.1, -0.05) is 11.6 Å². The molecule has 0 bridgehead atoms. The van der Waals surface area contributed by atoms with Gasteiger partial charge in [0.05, 0.1) is 12.1 Å². The van der Waals surface area contributed by atoms with Gasteiger partial charge in [0, 0.05) is 38.6 Å². The number of halogens is 1. The second kappa shape index (κ2) is 5.73. The number of hydrogen-bond acceptors (Lipinski definition) is 4. The molecule has 0 aromatic heterocycles. The number of benzene rings is 1. The average molecular weight is 311 g/mol. The Morgan fingerprint density at radius 1 is 1.43 bits per heavy atom. The predicted molar refractivity (Wildman–Crippen MR) is 79.7 cm³/mol. The van der Waals surface area contributed by atoms with E-state index in [2.05, 4.69) is 4.90 Å². The van der Waals surface area contributed by atoms with Crippen molar-refractivity contribution >= 4 is 17.5 Å². The zero-order valence-electron chi connectivity index (χ0n) is 12.0. The van der Waals surface area contributed by atoms with Crippen molar-refractivity contribution in [3.8, 4) is 11.5 Å².